The van der Waals surface area contributed by atoms with Crippen molar-refractivity contribution in [3.05, 3.63) is 20.2 Å². The summed E-state index contributed by atoms with van der Waals surface area (Å²) in [5, 5.41) is 93.9. The molecular formula is C16H16Mg3N2O22. The molecule has 27 heteroatoms. The number of carbonyl (C=O) groups is 8. The standard InChI is InChI=1S/2C6H8O7.2C2H3NO4.3Mg/c2*7-3(8)1-6(13,5(11)12)2-4(9)10;2*1-2(4)7-3(5)6;;;/h2*13H,1-2H2,(H,7,8)(H,9,10)(H,11,12);2*1H3;;;/q;;;;3*+2/p-6. The van der Waals surface area contributed by atoms with Crippen molar-refractivity contribution in [3.8, 4) is 0 Å². The van der Waals surface area contributed by atoms with Crippen LogP contribution in [0, 0.1) is 20.2 Å². The predicted octanol–water partition coefficient (Wildman–Crippen LogP) is -12.2. The third kappa shape index (κ3) is 38.8. The van der Waals surface area contributed by atoms with Gasteiger partial charge in [0.15, 0.2) is 0 Å². The van der Waals surface area contributed by atoms with Crippen LogP contribution in [0.1, 0.15) is 39.5 Å². The van der Waals surface area contributed by atoms with Gasteiger partial charge in [-0.3, -0.25) is 9.59 Å². The van der Waals surface area contributed by atoms with E-state index >= 15 is 0 Å². The van der Waals surface area contributed by atoms with Gasteiger partial charge in [-0.2, -0.15) is 0 Å². The van der Waals surface area contributed by atoms with Crippen LogP contribution >= 0.6 is 0 Å². The number of carboxylic acids is 6. The number of rotatable bonds is 12. The number of nitrogens with zero attached hydrogens (tertiary/aromatic N) is 2. The predicted molar refractivity (Wildman–Crippen MR) is 113 cm³/mol. The monoisotopic (exact) mass is 660 g/mol. The first-order valence-electron chi connectivity index (χ1n) is 9.14. The molecule has 0 aromatic carbocycles. The summed E-state index contributed by atoms with van der Waals surface area (Å²) >= 11 is 0. The number of aliphatic carboxylic acids is 6. The molecule has 0 saturated heterocycles. The minimum atomic E-state index is -2.97. The van der Waals surface area contributed by atoms with Crippen molar-refractivity contribution in [2.45, 2.75) is 50.7 Å². The van der Waals surface area contributed by atoms with Crippen LogP contribution in [0.2, 0.25) is 0 Å². The Morgan fingerprint density at radius 1 is 0.535 bits per heavy atom. The maximum atomic E-state index is 10.1. The molecular weight excluding hydrogens is 645 g/mol. The van der Waals surface area contributed by atoms with Crippen molar-refractivity contribution in [3.63, 3.8) is 0 Å². The maximum Gasteiger partial charge on any atom is 2.00 e. The van der Waals surface area contributed by atoms with E-state index in [1.807, 2.05) is 0 Å². The second-order valence-electron chi connectivity index (χ2n) is 6.45. The van der Waals surface area contributed by atoms with Gasteiger partial charge in [-0.05, 0) is 0 Å². The van der Waals surface area contributed by atoms with Gasteiger partial charge < -0.3 is 69.6 Å². The van der Waals surface area contributed by atoms with E-state index in [2.05, 4.69) is 9.68 Å². The van der Waals surface area contributed by atoms with E-state index in [0.717, 1.165) is 13.8 Å². The summed E-state index contributed by atoms with van der Waals surface area (Å²) in [6.07, 6.45) is -5.43. The molecule has 0 aromatic heterocycles. The quantitative estimate of drug-likeness (QED) is 0.111. The van der Waals surface area contributed by atoms with E-state index in [1.54, 1.807) is 0 Å². The summed E-state index contributed by atoms with van der Waals surface area (Å²) < 4.78 is 0. The smallest absolute Gasteiger partial charge is 0.550 e. The molecule has 0 radical (unpaired) electrons. The topological polar surface area (TPSA) is 420 Å². The summed E-state index contributed by atoms with van der Waals surface area (Å²) in [6, 6.07) is 0. The van der Waals surface area contributed by atoms with Gasteiger partial charge >= 0.3 is 91.3 Å². The first kappa shape index (κ1) is 55.7. The summed E-state index contributed by atoms with van der Waals surface area (Å²) in [5.74, 6) is -13.8. The molecule has 0 aromatic rings. The van der Waals surface area contributed by atoms with Crippen molar-refractivity contribution in [2.24, 2.45) is 0 Å². The van der Waals surface area contributed by atoms with Gasteiger partial charge in [0.05, 0.1) is 11.9 Å². The van der Waals surface area contributed by atoms with Gasteiger partial charge in [-0.15, -0.1) is 20.2 Å². The molecule has 0 spiro atoms. The van der Waals surface area contributed by atoms with Crippen LogP contribution in [0.15, 0.2) is 0 Å². The average molecular weight is 661 g/mol. The largest absolute Gasteiger partial charge is 2.00 e. The Morgan fingerprint density at radius 3 is 0.744 bits per heavy atom. The summed E-state index contributed by atoms with van der Waals surface area (Å²) in [6.45, 7) is 1.92. The van der Waals surface area contributed by atoms with E-state index in [-0.39, 0.29) is 69.2 Å². The number of hydrogen-bond donors (Lipinski definition) is 2. The van der Waals surface area contributed by atoms with Crippen LogP contribution in [0.4, 0.5) is 0 Å². The number of carboxylic acid groups (broad SMARTS) is 6. The Bertz CT molecular complexity index is 867. The van der Waals surface area contributed by atoms with E-state index in [4.69, 9.17) is 10.2 Å². The molecule has 2 N–H and O–H groups in total. The van der Waals surface area contributed by atoms with Gasteiger partial charge in [-0.1, -0.05) is 0 Å². The Balaban J connectivity index is -0.0000000816. The normalized spacial score (nSPS) is 9.02. The number of carbonyl (C=O) groups excluding carboxylic acids is 8. The molecule has 0 atom stereocenters. The SMILES string of the molecule is CC(=O)O[N+](=O)[O-].CC(=O)O[N+](=O)[O-].O=C([O-])CC(O)(CC(=O)[O-])C(=O)[O-].O=C([O-])CC(O)(CC(=O)[O-])C(=O)[O-].[Mg+2].[Mg+2].[Mg+2]. The molecule has 0 aliphatic rings. The zero-order chi connectivity index (χ0) is 33.0. The molecule has 0 amide bonds. The van der Waals surface area contributed by atoms with Crippen LogP contribution in [-0.4, -0.2) is 149 Å². The fourth-order valence-electron chi connectivity index (χ4n) is 1.58. The first-order valence-corrected chi connectivity index (χ1v) is 9.14. The molecule has 0 aliphatic carbocycles. The van der Waals surface area contributed by atoms with E-state index in [0.29, 0.717) is 0 Å². The van der Waals surface area contributed by atoms with E-state index in [1.165, 1.54) is 0 Å². The fraction of sp³-hybridized carbons (Fsp3) is 0.500. The molecule has 0 aliphatic heterocycles. The summed E-state index contributed by atoms with van der Waals surface area (Å²) in [7, 11) is 0. The Kier molecular flexibility index (Phi) is 35.7. The second-order valence-corrected chi connectivity index (χ2v) is 6.45. The van der Waals surface area contributed by atoms with Crippen LogP contribution in [0.3, 0.4) is 0 Å². The third-order valence-electron chi connectivity index (χ3n) is 2.91. The van der Waals surface area contributed by atoms with E-state index in [9.17, 15) is 89.2 Å². The van der Waals surface area contributed by atoms with Crippen LogP contribution in [0.25, 0.3) is 0 Å². The van der Waals surface area contributed by atoms with Crippen molar-refractivity contribution in [1.29, 1.82) is 0 Å². The fourth-order valence-corrected chi connectivity index (χ4v) is 1.58. The number of hydrogen-bond acceptors (Lipinski definition) is 22. The molecule has 228 valence electrons. The third-order valence-corrected chi connectivity index (χ3v) is 2.91. The van der Waals surface area contributed by atoms with Gasteiger partial charge in [0, 0.05) is 63.4 Å². The van der Waals surface area contributed by atoms with Gasteiger partial charge in [-0.25, -0.2) is 9.68 Å². The van der Waals surface area contributed by atoms with Crippen LogP contribution < -0.4 is 30.6 Å². The zero-order valence-corrected chi connectivity index (χ0v) is 26.1. The van der Waals surface area contributed by atoms with Crippen LogP contribution in [0.5, 0.6) is 0 Å². The second kappa shape index (κ2) is 27.6. The van der Waals surface area contributed by atoms with Crippen molar-refractivity contribution in [2.75, 3.05) is 0 Å². The number of aliphatic hydroxyl groups is 2. The Hall–Kier alpha value is -3.22. The van der Waals surface area contributed by atoms with Crippen LogP contribution in [-0.2, 0) is 48.0 Å². The zero-order valence-electron chi connectivity index (χ0n) is 21.9. The summed E-state index contributed by atoms with van der Waals surface area (Å²) in [4.78, 5) is 104. The molecule has 0 bridgehead atoms. The molecule has 24 nitrogen and oxygen atoms in total. The van der Waals surface area contributed by atoms with Gasteiger partial charge in [0.25, 0.3) is 0 Å². The molecule has 0 fully saturated rings. The first-order chi connectivity index (χ1) is 17.8. The summed E-state index contributed by atoms with van der Waals surface area (Å²) in [5.41, 5.74) is -5.95. The van der Waals surface area contributed by atoms with Crippen molar-refractivity contribution >= 4 is 117 Å². The van der Waals surface area contributed by atoms with Gasteiger partial charge in [0.1, 0.15) is 11.2 Å². The minimum absolute atomic E-state index is 0. The minimum Gasteiger partial charge on any atom is -0.550 e. The molecule has 0 heterocycles. The molecule has 43 heavy (non-hydrogen) atoms. The molecule has 0 unspecified atom stereocenters. The Morgan fingerprint density at radius 2 is 0.698 bits per heavy atom. The average Bonchev–Trinajstić information content (AvgIpc) is 2.64. The maximum absolute atomic E-state index is 10.1. The van der Waals surface area contributed by atoms with Crippen molar-refractivity contribution in [1.82, 2.24) is 0 Å². The van der Waals surface area contributed by atoms with Crippen molar-refractivity contribution < 1.29 is 99.1 Å². The molecule has 0 rings (SSSR count). The van der Waals surface area contributed by atoms with E-state index < -0.39 is 94.8 Å². The molecule has 0 saturated carbocycles. The van der Waals surface area contributed by atoms with Gasteiger partial charge in [0.2, 0.25) is 0 Å². The Labute approximate surface area is 285 Å².